The first-order valence-corrected chi connectivity index (χ1v) is 8.37. The number of nitrogens with two attached hydrogens (primary N) is 1. The first kappa shape index (κ1) is 17.1. The van der Waals surface area contributed by atoms with Crippen molar-refractivity contribution in [1.82, 2.24) is 0 Å². The van der Waals surface area contributed by atoms with E-state index in [2.05, 4.69) is 5.32 Å². The molecular weight excluding hydrogens is 308 g/mol. The van der Waals surface area contributed by atoms with Crippen molar-refractivity contribution in [2.24, 2.45) is 5.92 Å². The fourth-order valence-corrected chi connectivity index (χ4v) is 2.86. The van der Waals surface area contributed by atoms with Gasteiger partial charge in [0.15, 0.2) is 5.12 Å². The van der Waals surface area contributed by atoms with Crippen molar-refractivity contribution in [2.45, 2.75) is 13.3 Å². The van der Waals surface area contributed by atoms with Gasteiger partial charge in [-0.15, -0.1) is 0 Å². The van der Waals surface area contributed by atoms with Gasteiger partial charge < -0.3 is 11.1 Å². The van der Waals surface area contributed by atoms with Crippen molar-refractivity contribution in [3.05, 3.63) is 60.2 Å². The summed E-state index contributed by atoms with van der Waals surface area (Å²) in [5, 5.41) is 2.91. The molecule has 2 aromatic rings. The fourth-order valence-electron chi connectivity index (χ4n) is 2.15. The minimum atomic E-state index is -0.274. The van der Waals surface area contributed by atoms with E-state index in [-0.39, 0.29) is 16.9 Å². The third-order valence-corrected chi connectivity index (χ3v) is 4.34. The van der Waals surface area contributed by atoms with Gasteiger partial charge in [-0.05, 0) is 36.2 Å². The van der Waals surface area contributed by atoms with Gasteiger partial charge in [0.1, 0.15) is 0 Å². The minimum absolute atomic E-state index is 0.0170. The normalized spacial score (nSPS) is 11.7. The maximum Gasteiger partial charge on any atom is 0.228 e. The van der Waals surface area contributed by atoms with Gasteiger partial charge in [0, 0.05) is 24.1 Å². The van der Waals surface area contributed by atoms with Gasteiger partial charge in [0.25, 0.3) is 0 Å². The number of nitrogen functional groups attached to an aromatic ring is 1. The molecule has 2 aromatic carbocycles. The standard InChI is InChI=1S/C18H20N2O2S/c1-13(21)23-12-15(11-14-5-3-2-4-6-14)18(22)20-17-9-7-16(19)8-10-17/h2-10,15H,11-12,19H2,1H3,(H,20,22). The molecule has 4 nitrogen and oxygen atoms in total. The van der Waals surface area contributed by atoms with Crippen LogP contribution in [-0.4, -0.2) is 16.8 Å². The molecule has 0 saturated heterocycles. The Balaban J connectivity index is 2.06. The lowest BCUT2D eigenvalue weighted by Crippen LogP contribution is -2.27. The molecule has 0 aliphatic carbocycles. The Hall–Kier alpha value is -2.27. The van der Waals surface area contributed by atoms with Gasteiger partial charge in [-0.2, -0.15) is 0 Å². The minimum Gasteiger partial charge on any atom is -0.399 e. The summed E-state index contributed by atoms with van der Waals surface area (Å²) in [4.78, 5) is 23.8. The molecule has 0 aliphatic heterocycles. The quantitative estimate of drug-likeness (QED) is 0.798. The number of hydrogen-bond acceptors (Lipinski definition) is 4. The summed E-state index contributed by atoms with van der Waals surface area (Å²) >= 11 is 1.18. The molecule has 2 rings (SSSR count). The zero-order valence-electron chi connectivity index (χ0n) is 13.0. The summed E-state index contributed by atoms with van der Waals surface area (Å²) in [5.41, 5.74) is 8.08. The molecule has 0 aromatic heterocycles. The molecule has 0 saturated carbocycles. The second-order valence-electron chi connectivity index (χ2n) is 5.30. The Morgan fingerprint density at radius 3 is 2.35 bits per heavy atom. The smallest absolute Gasteiger partial charge is 0.228 e. The molecule has 0 aliphatic rings. The van der Waals surface area contributed by atoms with Gasteiger partial charge in [0.2, 0.25) is 5.91 Å². The van der Waals surface area contributed by atoms with Crippen LogP contribution in [0.5, 0.6) is 0 Å². The lowest BCUT2D eigenvalue weighted by atomic mass is 10.00. The SMILES string of the molecule is CC(=O)SCC(Cc1ccccc1)C(=O)Nc1ccc(N)cc1. The van der Waals surface area contributed by atoms with Gasteiger partial charge >= 0.3 is 0 Å². The maximum atomic E-state index is 12.5. The number of thioether (sulfide) groups is 1. The predicted molar refractivity (Wildman–Crippen MR) is 96.3 cm³/mol. The topological polar surface area (TPSA) is 72.2 Å². The van der Waals surface area contributed by atoms with Crippen LogP contribution in [0.1, 0.15) is 12.5 Å². The summed E-state index contributed by atoms with van der Waals surface area (Å²) in [6.07, 6.45) is 0.599. The van der Waals surface area contributed by atoms with Crippen LogP contribution in [0, 0.1) is 5.92 Å². The molecular formula is C18H20N2O2S. The van der Waals surface area contributed by atoms with E-state index < -0.39 is 0 Å². The number of benzene rings is 2. The maximum absolute atomic E-state index is 12.5. The zero-order valence-corrected chi connectivity index (χ0v) is 13.8. The Kier molecular flexibility index (Phi) is 6.23. The van der Waals surface area contributed by atoms with Gasteiger partial charge in [-0.1, -0.05) is 42.1 Å². The summed E-state index contributed by atoms with van der Waals surface area (Å²) < 4.78 is 0. The van der Waals surface area contributed by atoms with Crippen LogP contribution in [0.3, 0.4) is 0 Å². The average Bonchev–Trinajstić information content (AvgIpc) is 2.54. The largest absolute Gasteiger partial charge is 0.399 e. The number of amides is 1. The van der Waals surface area contributed by atoms with E-state index in [4.69, 9.17) is 5.73 Å². The Morgan fingerprint density at radius 1 is 1.09 bits per heavy atom. The lowest BCUT2D eigenvalue weighted by Gasteiger charge is -2.16. The highest BCUT2D eigenvalue weighted by atomic mass is 32.2. The molecule has 5 heteroatoms. The van der Waals surface area contributed by atoms with Crippen LogP contribution in [0.15, 0.2) is 54.6 Å². The highest BCUT2D eigenvalue weighted by Crippen LogP contribution is 2.18. The molecule has 1 amide bonds. The van der Waals surface area contributed by atoms with Crippen molar-refractivity contribution >= 4 is 34.2 Å². The van der Waals surface area contributed by atoms with Crippen LogP contribution in [0.4, 0.5) is 11.4 Å². The molecule has 0 fully saturated rings. The number of rotatable bonds is 6. The molecule has 120 valence electrons. The first-order valence-electron chi connectivity index (χ1n) is 7.38. The van der Waals surface area contributed by atoms with Crippen LogP contribution >= 0.6 is 11.8 Å². The number of anilines is 2. The van der Waals surface area contributed by atoms with E-state index >= 15 is 0 Å². The van der Waals surface area contributed by atoms with E-state index in [0.717, 1.165) is 5.56 Å². The zero-order chi connectivity index (χ0) is 16.7. The van der Waals surface area contributed by atoms with Gasteiger partial charge in [-0.3, -0.25) is 9.59 Å². The second kappa shape index (κ2) is 8.39. The Morgan fingerprint density at radius 2 is 1.74 bits per heavy atom. The number of carbonyl (C=O) groups is 2. The molecule has 0 spiro atoms. The number of hydrogen-bond donors (Lipinski definition) is 2. The van der Waals surface area contributed by atoms with Crippen molar-refractivity contribution in [2.75, 3.05) is 16.8 Å². The molecule has 1 unspecified atom stereocenters. The Bertz CT molecular complexity index is 656. The van der Waals surface area contributed by atoms with E-state index in [0.29, 0.717) is 23.5 Å². The summed E-state index contributed by atoms with van der Waals surface area (Å²) in [7, 11) is 0. The fraction of sp³-hybridized carbons (Fsp3) is 0.222. The summed E-state index contributed by atoms with van der Waals surface area (Å²) in [6.45, 7) is 1.52. The van der Waals surface area contributed by atoms with Crippen molar-refractivity contribution in [1.29, 1.82) is 0 Å². The van der Waals surface area contributed by atoms with Gasteiger partial charge in [-0.25, -0.2) is 0 Å². The van der Waals surface area contributed by atoms with Crippen molar-refractivity contribution < 1.29 is 9.59 Å². The predicted octanol–water partition coefficient (Wildman–Crippen LogP) is 3.35. The van der Waals surface area contributed by atoms with Crippen molar-refractivity contribution in [3.63, 3.8) is 0 Å². The number of carbonyl (C=O) groups excluding carboxylic acids is 2. The summed E-state index contributed by atoms with van der Waals surface area (Å²) in [5.74, 6) is 0.0987. The van der Waals surface area contributed by atoms with E-state index in [9.17, 15) is 9.59 Å². The third kappa shape index (κ3) is 5.79. The molecule has 0 heterocycles. The number of nitrogens with one attached hydrogen (secondary N) is 1. The lowest BCUT2D eigenvalue weighted by molar-refractivity contribution is -0.119. The third-order valence-electron chi connectivity index (χ3n) is 3.36. The molecule has 23 heavy (non-hydrogen) atoms. The highest BCUT2D eigenvalue weighted by Gasteiger charge is 2.20. The average molecular weight is 328 g/mol. The molecule has 3 N–H and O–H groups in total. The van der Waals surface area contributed by atoms with Crippen molar-refractivity contribution in [3.8, 4) is 0 Å². The van der Waals surface area contributed by atoms with E-state index in [1.54, 1.807) is 24.3 Å². The summed E-state index contributed by atoms with van der Waals surface area (Å²) in [6, 6.07) is 16.8. The monoisotopic (exact) mass is 328 g/mol. The first-order chi connectivity index (χ1) is 11.0. The van der Waals surface area contributed by atoms with Crippen LogP contribution in [0.25, 0.3) is 0 Å². The van der Waals surface area contributed by atoms with Gasteiger partial charge in [0.05, 0.1) is 5.92 Å². The molecule has 1 atom stereocenters. The van der Waals surface area contributed by atoms with Crippen LogP contribution in [0.2, 0.25) is 0 Å². The highest BCUT2D eigenvalue weighted by molar-refractivity contribution is 8.13. The molecule has 0 radical (unpaired) electrons. The van der Waals surface area contributed by atoms with Crippen LogP contribution in [-0.2, 0) is 16.0 Å². The molecule has 0 bridgehead atoms. The van der Waals surface area contributed by atoms with Crippen LogP contribution < -0.4 is 11.1 Å². The van der Waals surface area contributed by atoms with E-state index in [1.807, 2.05) is 30.3 Å². The second-order valence-corrected chi connectivity index (χ2v) is 6.50. The Labute approximate surface area is 140 Å². The van der Waals surface area contributed by atoms with E-state index in [1.165, 1.54) is 18.7 Å².